The van der Waals surface area contributed by atoms with Crippen LogP contribution in [-0.2, 0) is 11.3 Å². The van der Waals surface area contributed by atoms with E-state index in [1.807, 2.05) is 36.4 Å². The fraction of sp³-hybridized carbons (Fsp3) is 0.304. The van der Waals surface area contributed by atoms with Crippen molar-refractivity contribution in [3.63, 3.8) is 0 Å². The first kappa shape index (κ1) is 20.0. The van der Waals surface area contributed by atoms with Crippen molar-refractivity contribution in [3.05, 3.63) is 65.9 Å². The van der Waals surface area contributed by atoms with Crippen molar-refractivity contribution in [3.8, 4) is 17.1 Å². The highest BCUT2D eigenvalue weighted by Crippen LogP contribution is 2.25. The third-order valence-electron chi connectivity index (χ3n) is 5.20. The van der Waals surface area contributed by atoms with Gasteiger partial charge in [-0.3, -0.25) is 4.79 Å². The molecule has 0 spiro atoms. The van der Waals surface area contributed by atoms with Gasteiger partial charge in [0.2, 0.25) is 0 Å². The summed E-state index contributed by atoms with van der Waals surface area (Å²) >= 11 is 0. The molecule has 1 amide bonds. The molecule has 1 fully saturated rings. The van der Waals surface area contributed by atoms with Crippen molar-refractivity contribution < 1.29 is 18.8 Å². The van der Waals surface area contributed by atoms with E-state index < -0.39 is 0 Å². The fourth-order valence-corrected chi connectivity index (χ4v) is 3.55. The van der Waals surface area contributed by atoms with E-state index in [1.54, 1.807) is 25.1 Å². The summed E-state index contributed by atoms with van der Waals surface area (Å²) in [6.07, 6.45) is 0. The van der Waals surface area contributed by atoms with Gasteiger partial charge in [0.15, 0.2) is 11.5 Å². The van der Waals surface area contributed by atoms with E-state index in [0.29, 0.717) is 12.3 Å². The quantitative estimate of drug-likeness (QED) is 0.623. The van der Waals surface area contributed by atoms with E-state index in [1.165, 1.54) is 0 Å². The zero-order valence-electron chi connectivity index (χ0n) is 17.2. The van der Waals surface area contributed by atoms with Crippen molar-refractivity contribution >= 4 is 11.6 Å². The summed E-state index contributed by atoms with van der Waals surface area (Å²) in [4.78, 5) is 16.9. The second-order valence-electron chi connectivity index (χ2n) is 7.19. The molecule has 0 N–H and O–H groups in total. The lowest BCUT2D eigenvalue weighted by Crippen LogP contribution is -2.37. The number of amides is 1. The number of methoxy groups -OCH3 is 1. The average Bonchev–Trinajstić information content (AvgIpc) is 3.30. The molecule has 7 nitrogen and oxygen atoms in total. The molecular formula is C23H25N3O4. The molecule has 3 aromatic rings. The molecule has 1 saturated heterocycles. The molecule has 156 valence electrons. The Balaban J connectivity index is 1.47. The lowest BCUT2D eigenvalue weighted by atomic mass is 10.1. The van der Waals surface area contributed by atoms with E-state index in [4.69, 9.17) is 14.0 Å². The Morgan fingerprint density at radius 1 is 1.13 bits per heavy atom. The largest absolute Gasteiger partial charge is 0.497 e. The molecular weight excluding hydrogens is 382 g/mol. The second-order valence-corrected chi connectivity index (χ2v) is 7.19. The molecule has 1 aromatic heterocycles. The average molecular weight is 407 g/mol. The molecule has 1 aliphatic rings. The maximum Gasteiger partial charge on any atom is 0.276 e. The van der Waals surface area contributed by atoms with Crippen molar-refractivity contribution in [2.75, 3.05) is 45.4 Å². The summed E-state index contributed by atoms with van der Waals surface area (Å²) in [7, 11) is 3.40. The number of nitrogens with zero attached hydrogens (tertiary/aromatic N) is 3. The Morgan fingerprint density at radius 2 is 1.87 bits per heavy atom. The lowest BCUT2D eigenvalue weighted by molar-refractivity contribution is 0.0774. The van der Waals surface area contributed by atoms with Crippen LogP contribution in [0.3, 0.4) is 0 Å². The third-order valence-corrected chi connectivity index (χ3v) is 5.20. The summed E-state index contributed by atoms with van der Waals surface area (Å²) < 4.78 is 16.0. The topological polar surface area (TPSA) is 68.0 Å². The van der Waals surface area contributed by atoms with Crippen LogP contribution in [0.2, 0.25) is 0 Å². The van der Waals surface area contributed by atoms with Gasteiger partial charge in [-0.2, -0.15) is 0 Å². The van der Waals surface area contributed by atoms with Gasteiger partial charge in [-0.1, -0.05) is 23.4 Å². The number of para-hydroxylation sites is 1. The summed E-state index contributed by atoms with van der Waals surface area (Å²) in [6, 6.07) is 17.3. The predicted molar refractivity (Wildman–Crippen MR) is 114 cm³/mol. The highest BCUT2D eigenvalue weighted by molar-refractivity contribution is 5.93. The van der Waals surface area contributed by atoms with Gasteiger partial charge in [0, 0.05) is 44.0 Å². The Hall–Kier alpha value is -3.32. The molecule has 2 aromatic carbocycles. The fourth-order valence-electron chi connectivity index (χ4n) is 3.55. The highest BCUT2D eigenvalue weighted by atomic mass is 16.5. The number of ether oxygens (including phenoxy) is 2. The van der Waals surface area contributed by atoms with E-state index in [2.05, 4.69) is 22.2 Å². The van der Waals surface area contributed by atoms with Gasteiger partial charge in [0.05, 0.1) is 20.3 Å². The summed E-state index contributed by atoms with van der Waals surface area (Å²) in [6.45, 7) is 3.62. The monoisotopic (exact) mass is 407 g/mol. The number of anilines is 1. The minimum absolute atomic E-state index is 0.185. The van der Waals surface area contributed by atoms with Crippen LogP contribution in [0, 0.1) is 0 Å². The number of hydrogen-bond acceptors (Lipinski definition) is 6. The number of benzene rings is 2. The Kier molecular flexibility index (Phi) is 5.99. The van der Waals surface area contributed by atoms with E-state index in [-0.39, 0.29) is 11.6 Å². The Morgan fingerprint density at radius 3 is 2.60 bits per heavy atom. The third kappa shape index (κ3) is 4.31. The maximum absolute atomic E-state index is 12.9. The van der Waals surface area contributed by atoms with Crippen molar-refractivity contribution in [2.24, 2.45) is 0 Å². The predicted octanol–water partition coefficient (Wildman–Crippen LogP) is 3.46. The van der Waals surface area contributed by atoms with Crippen LogP contribution in [0.4, 0.5) is 5.69 Å². The van der Waals surface area contributed by atoms with Crippen LogP contribution in [0.5, 0.6) is 5.75 Å². The molecule has 0 radical (unpaired) electrons. The SMILES string of the molecule is COc1ccc(-c2cc(C(=O)N(C)Cc3ccccc3N3CCOCC3)no2)cc1. The number of hydrogen-bond donors (Lipinski definition) is 0. The molecule has 0 atom stereocenters. The standard InChI is InChI=1S/C23H25N3O4/c1-25(16-18-5-3-4-6-21(18)26-11-13-29-14-12-26)23(27)20-15-22(30-24-20)17-7-9-19(28-2)10-8-17/h3-10,15H,11-14,16H2,1-2H3. The van der Waals surface area contributed by atoms with Crippen LogP contribution in [0.1, 0.15) is 16.1 Å². The van der Waals surface area contributed by atoms with E-state index >= 15 is 0 Å². The lowest BCUT2D eigenvalue weighted by Gasteiger charge is -2.31. The zero-order chi connectivity index (χ0) is 20.9. The van der Waals surface area contributed by atoms with Gasteiger partial charge in [0.1, 0.15) is 5.75 Å². The van der Waals surface area contributed by atoms with Gasteiger partial charge in [0.25, 0.3) is 5.91 Å². The first-order valence-electron chi connectivity index (χ1n) is 9.93. The first-order valence-corrected chi connectivity index (χ1v) is 9.93. The number of rotatable bonds is 6. The smallest absolute Gasteiger partial charge is 0.276 e. The number of carbonyl (C=O) groups is 1. The second kappa shape index (κ2) is 9.00. The Bertz CT molecular complexity index is 994. The molecule has 4 rings (SSSR count). The highest BCUT2D eigenvalue weighted by Gasteiger charge is 2.20. The van der Waals surface area contributed by atoms with Crippen molar-refractivity contribution in [1.82, 2.24) is 10.1 Å². The van der Waals surface area contributed by atoms with Crippen LogP contribution >= 0.6 is 0 Å². The van der Waals surface area contributed by atoms with Gasteiger partial charge < -0.3 is 23.8 Å². The number of aromatic nitrogens is 1. The molecule has 0 unspecified atom stereocenters. The van der Waals surface area contributed by atoms with Crippen LogP contribution < -0.4 is 9.64 Å². The maximum atomic E-state index is 12.9. The van der Waals surface area contributed by atoms with Crippen LogP contribution in [0.25, 0.3) is 11.3 Å². The summed E-state index contributed by atoms with van der Waals surface area (Å²) in [5.74, 6) is 1.12. The molecule has 7 heteroatoms. The summed E-state index contributed by atoms with van der Waals surface area (Å²) in [5, 5.41) is 3.99. The Labute approximate surface area is 175 Å². The number of morpholine rings is 1. The molecule has 2 heterocycles. The van der Waals surface area contributed by atoms with Gasteiger partial charge >= 0.3 is 0 Å². The molecule has 30 heavy (non-hydrogen) atoms. The minimum atomic E-state index is -0.185. The van der Waals surface area contributed by atoms with Crippen LogP contribution in [-0.4, -0.2) is 56.4 Å². The first-order chi connectivity index (χ1) is 14.7. The number of carbonyl (C=O) groups excluding carboxylic acids is 1. The minimum Gasteiger partial charge on any atom is -0.497 e. The molecule has 1 aliphatic heterocycles. The van der Waals surface area contributed by atoms with Gasteiger partial charge in [-0.15, -0.1) is 0 Å². The van der Waals surface area contributed by atoms with Crippen molar-refractivity contribution in [1.29, 1.82) is 0 Å². The van der Waals surface area contributed by atoms with Crippen molar-refractivity contribution in [2.45, 2.75) is 6.54 Å². The van der Waals surface area contributed by atoms with Crippen LogP contribution in [0.15, 0.2) is 59.1 Å². The molecule has 0 saturated carbocycles. The van der Waals surface area contributed by atoms with E-state index in [9.17, 15) is 4.79 Å². The molecule has 0 bridgehead atoms. The molecule has 0 aliphatic carbocycles. The normalized spacial score (nSPS) is 13.9. The summed E-state index contributed by atoms with van der Waals surface area (Å²) in [5.41, 5.74) is 3.35. The van der Waals surface area contributed by atoms with Gasteiger partial charge in [-0.05, 0) is 35.9 Å². The zero-order valence-corrected chi connectivity index (χ0v) is 17.2. The van der Waals surface area contributed by atoms with E-state index in [0.717, 1.165) is 48.9 Å². The van der Waals surface area contributed by atoms with Gasteiger partial charge in [-0.25, -0.2) is 0 Å².